The van der Waals surface area contributed by atoms with Gasteiger partial charge in [-0.25, -0.2) is 4.68 Å². The van der Waals surface area contributed by atoms with Gasteiger partial charge in [0.25, 0.3) is 0 Å². The summed E-state index contributed by atoms with van der Waals surface area (Å²) in [6.45, 7) is 3.05. The third kappa shape index (κ3) is 4.46. The lowest BCUT2D eigenvalue weighted by molar-refractivity contribution is 0.515. The van der Waals surface area contributed by atoms with Gasteiger partial charge in [-0.1, -0.05) is 50.4 Å². The summed E-state index contributed by atoms with van der Waals surface area (Å²) in [5.74, 6) is 0. The molecule has 1 rings (SSSR count). The molecular weight excluding hydrogens is 208 g/mol. The maximum atomic E-state index is 7.58. The van der Waals surface area contributed by atoms with Crippen LogP contribution in [-0.2, 0) is 6.54 Å². The van der Waals surface area contributed by atoms with Crippen molar-refractivity contribution >= 4 is 16.5 Å². The van der Waals surface area contributed by atoms with Crippen molar-refractivity contribution in [3.8, 4) is 0 Å². The van der Waals surface area contributed by atoms with Gasteiger partial charge in [-0.15, -0.1) is 5.10 Å². The predicted octanol–water partition coefficient (Wildman–Crippen LogP) is 2.37. The average molecular weight is 228 g/mol. The molecule has 0 saturated carbocycles. The summed E-state index contributed by atoms with van der Waals surface area (Å²) in [5.41, 5.74) is 5.52. The number of hydrogen-bond donors (Lipinski definition) is 2. The van der Waals surface area contributed by atoms with Gasteiger partial charge in [0.1, 0.15) is 0 Å². The second-order valence-corrected chi connectivity index (χ2v) is 4.75. The van der Waals surface area contributed by atoms with Gasteiger partial charge in [0.05, 0.1) is 0 Å². The molecule has 0 aliphatic carbocycles. The van der Waals surface area contributed by atoms with Gasteiger partial charge in [-0.2, -0.15) is 0 Å². The molecule has 0 amide bonds. The number of aromatic nitrogens is 2. The van der Waals surface area contributed by atoms with Crippen LogP contribution < -0.4 is 10.5 Å². The molecule has 86 valence electrons. The van der Waals surface area contributed by atoms with Gasteiger partial charge >= 0.3 is 0 Å². The van der Waals surface area contributed by atoms with E-state index in [1.807, 2.05) is 0 Å². The first-order valence-corrected chi connectivity index (χ1v) is 6.43. The lowest BCUT2D eigenvalue weighted by Gasteiger charge is -2.00. The Labute approximate surface area is 94.6 Å². The van der Waals surface area contributed by atoms with E-state index in [1.54, 1.807) is 4.68 Å². The minimum Gasteiger partial charge on any atom is -0.374 e. The zero-order chi connectivity index (χ0) is 11.1. The maximum Gasteiger partial charge on any atom is 0.202 e. The van der Waals surface area contributed by atoms with Crippen molar-refractivity contribution in [2.24, 2.45) is 0 Å². The van der Waals surface area contributed by atoms with Crippen LogP contribution in [0.3, 0.4) is 0 Å². The lowest BCUT2D eigenvalue weighted by atomic mass is 10.1. The molecule has 4 nitrogen and oxygen atoms in total. The first-order valence-electron chi connectivity index (χ1n) is 5.62. The van der Waals surface area contributed by atoms with Crippen molar-refractivity contribution < 1.29 is 0 Å². The minimum absolute atomic E-state index is 0.459. The summed E-state index contributed by atoms with van der Waals surface area (Å²) >= 11 is 1.24. The van der Waals surface area contributed by atoms with Crippen molar-refractivity contribution in [2.45, 2.75) is 52.0 Å². The molecule has 0 aliphatic heterocycles. The quantitative estimate of drug-likeness (QED) is 0.703. The summed E-state index contributed by atoms with van der Waals surface area (Å²) < 4.78 is 1.69. The molecule has 1 heterocycles. The molecular formula is C10H20N4S. The molecule has 15 heavy (non-hydrogen) atoms. The van der Waals surface area contributed by atoms with Crippen molar-refractivity contribution in [1.29, 1.82) is 5.41 Å². The van der Waals surface area contributed by atoms with Gasteiger partial charge in [0.2, 0.25) is 9.93 Å². The molecule has 0 fully saturated rings. The number of hydrogen-bond acceptors (Lipinski definition) is 4. The highest BCUT2D eigenvalue weighted by Gasteiger charge is 1.99. The van der Waals surface area contributed by atoms with E-state index in [0.717, 1.165) is 13.0 Å². The molecule has 0 saturated heterocycles. The number of anilines is 1. The standard InChI is InChI=1S/C10H20N4S/c1-2-3-4-5-6-7-8-14-10(12)15-9(11)13-14/h12H,2-8H2,1H3,(H2,11,13). The highest BCUT2D eigenvalue weighted by molar-refractivity contribution is 7.12. The highest BCUT2D eigenvalue weighted by atomic mass is 32.1. The topological polar surface area (TPSA) is 67.7 Å². The number of nitrogens with two attached hydrogens (primary N) is 1. The molecule has 0 bridgehead atoms. The predicted molar refractivity (Wildman–Crippen MR) is 63.7 cm³/mol. The van der Waals surface area contributed by atoms with Crippen LogP contribution in [0.2, 0.25) is 0 Å². The molecule has 5 heteroatoms. The molecule has 0 unspecified atom stereocenters. The summed E-state index contributed by atoms with van der Waals surface area (Å²) in [6, 6.07) is 0. The average Bonchev–Trinajstić information content (AvgIpc) is 2.51. The fourth-order valence-electron chi connectivity index (χ4n) is 1.53. The molecule has 0 radical (unpaired) electrons. The van der Waals surface area contributed by atoms with Crippen LogP contribution in [0.5, 0.6) is 0 Å². The van der Waals surface area contributed by atoms with Crippen LogP contribution in [0.1, 0.15) is 45.4 Å². The SMILES string of the molecule is CCCCCCCCn1nc(N)sc1=N. The van der Waals surface area contributed by atoms with Crippen LogP contribution >= 0.6 is 11.3 Å². The fraction of sp³-hybridized carbons (Fsp3) is 0.800. The fourth-order valence-corrected chi connectivity index (χ4v) is 2.10. The van der Waals surface area contributed by atoms with E-state index >= 15 is 0 Å². The summed E-state index contributed by atoms with van der Waals surface area (Å²) in [6.07, 6.45) is 7.57. The van der Waals surface area contributed by atoms with E-state index < -0.39 is 0 Å². The maximum absolute atomic E-state index is 7.58. The van der Waals surface area contributed by atoms with E-state index in [4.69, 9.17) is 11.1 Å². The zero-order valence-electron chi connectivity index (χ0n) is 9.33. The molecule has 3 N–H and O–H groups in total. The van der Waals surface area contributed by atoms with Crippen LogP contribution in [0.25, 0.3) is 0 Å². The Kier molecular flexibility index (Phi) is 5.39. The number of aryl methyl sites for hydroxylation is 1. The van der Waals surface area contributed by atoms with Crippen molar-refractivity contribution in [3.63, 3.8) is 0 Å². The Balaban J connectivity index is 2.15. The largest absolute Gasteiger partial charge is 0.374 e. The first-order chi connectivity index (χ1) is 7.24. The Morgan fingerprint density at radius 2 is 1.93 bits per heavy atom. The van der Waals surface area contributed by atoms with Crippen molar-refractivity contribution in [2.75, 3.05) is 5.73 Å². The van der Waals surface area contributed by atoms with Crippen LogP contribution in [-0.4, -0.2) is 9.78 Å². The number of unbranched alkanes of at least 4 members (excludes halogenated alkanes) is 5. The molecule has 1 aromatic rings. The Bertz CT molecular complexity index is 328. The second kappa shape index (κ2) is 6.61. The molecule has 0 aromatic carbocycles. The van der Waals surface area contributed by atoms with Gasteiger partial charge < -0.3 is 5.73 Å². The second-order valence-electron chi connectivity index (χ2n) is 3.74. The molecule has 0 aliphatic rings. The summed E-state index contributed by atoms with van der Waals surface area (Å²) in [7, 11) is 0. The van der Waals surface area contributed by atoms with E-state index in [0.29, 0.717) is 9.93 Å². The molecule has 0 atom stereocenters. The molecule has 0 spiro atoms. The van der Waals surface area contributed by atoms with Gasteiger partial charge in [-0.05, 0) is 6.42 Å². The summed E-state index contributed by atoms with van der Waals surface area (Å²) in [4.78, 5) is 0.459. The third-order valence-electron chi connectivity index (χ3n) is 2.38. The van der Waals surface area contributed by atoms with Gasteiger partial charge in [0.15, 0.2) is 0 Å². The normalized spacial score (nSPS) is 10.7. The van der Waals surface area contributed by atoms with E-state index in [-0.39, 0.29) is 0 Å². The van der Waals surface area contributed by atoms with Crippen molar-refractivity contribution in [3.05, 3.63) is 4.80 Å². The van der Waals surface area contributed by atoms with Crippen LogP contribution in [0.4, 0.5) is 5.13 Å². The van der Waals surface area contributed by atoms with E-state index in [2.05, 4.69) is 12.0 Å². The smallest absolute Gasteiger partial charge is 0.202 e. The number of nitrogens with one attached hydrogen (secondary N) is 1. The monoisotopic (exact) mass is 228 g/mol. The lowest BCUT2D eigenvalue weighted by Crippen LogP contribution is -2.14. The highest BCUT2D eigenvalue weighted by Crippen LogP contribution is 2.06. The van der Waals surface area contributed by atoms with Crippen LogP contribution in [0.15, 0.2) is 0 Å². The molecule has 1 aromatic heterocycles. The van der Waals surface area contributed by atoms with E-state index in [1.165, 1.54) is 43.4 Å². The number of nitrogens with zero attached hydrogens (tertiary/aromatic N) is 2. The minimum atomic E-state index is 0.459. The van der Waals surface area contributed by atoms with Crippen LogP contribution in [0, 0.1) is 5.41 Å². The third-order valence-corrected chi connectivity index (χ3v) is 3.07. The Morgan fingerprint density at radius 1 is 1.27 bits per heavy atom. The first kappa shape index (κ1) is 12.2. The Hall–Kier alpha value is -0.840. The van der Waals surface area contributed by atoms with E-state index in [9.17, 15) is 0 Å². The number of rotatable bonds is 7. The summed E-state index contributed by atoms with van der Waals surface area (Å²) in [5, 5.41) is 12.1. The Morgan fingerprint density at radius 3 is 2.53 bits per heavy atom. The van der Waals surface area contributed by atoms with Gasteiger partial charge in [-0.3, -0.25) is 5.41 Å². The van der Waals surface area contributed by atoms with Crippen molar-refractivity contribution in [1.82, 2.24) is 9.78 Å². The number of nitrogen functional groups attached to an aromatic ring is 1. The van der Waals surface area contributed by atoms with Gasteiger partial charge in [0, 0.05) is 6.54 Å². The zero-order valence-corrected chi connectivity index (χ0v) is 10.1.